The van der Waals surface area contributed by atoms with Gasteiger partial charge in [-0.3, -0.25) is 19.2 Å². The van der Waals surface area contributed by atoms with E-state index in [0.717, 1.165) is 12.8 Å². The Kier molecular flexibility index (Phi) is 13.1. The largest absolute Gasteiger partial charge is 0.481 e. The summed E-state index contributed by atoms with van der Waals surface area (Å²) in [7, 11) is -3.38. The van der Waals surface area contributed by atoms with Crippen molar-refractivity contribution in [2.45, 2.75) is 177 Å². The summed E-state index contributed by atoms with van der Waals surface area (Å²) >= 11 is 0. The van der Waals surface area contributed by atoms with Crippen LogP contribution in [0.15, 0.2) is 0 Å². The lowest BCUT2D eigenvalue weighted by atomic mass is 9.66. The van der Waals surface area contributed by atoms with E-state index in [1.807, 2.05) is 0 Å². The van der Waals surface area contributed by atoms with E-state index in [2.05, 4.69) is 10.6 Å². The molecule has 6 aliphatic rings. The number of hydrogen-bond acceptors (Lipinski definition) is 6. The molecule has 0 heterocycles. The average Bonchev–Trinajstić information content (AvgIpc) is 3.15. The van der Waals surface area contributed by atoms with Gasteiger partial charge in [0.05, 0.1) is 34.2 Å². The van der Waals surface area contributed by atoms with Gasteiger partial charge in [0.2, 0.25) is 11.8 Å². The summed E-state index contributed by atoms with van der Waals surface area (Å²) in [6.07, 6.45) is 20.6. The molecule has 6 aliphatic carbocycles. The van der Waals surface area contributed by atoms with Gasteiger partial charge < -0.3 is 20.8 Å². The van der Waals surface area contributed by atoms with E-state index < -0.39 is 55.9 Å². The van der Waals surface area contributed by atoms with E-state index in [-0.39, 0.29) is 23.9 Å². The quantitative estimate of drug-likeness (QED) is 0.194. The number of amides is 2. The first-order chi connectivity index (χ1) is 24.5. The third-order valence-corrected chi connectivity index (χ3v) is 17.5. The Labute approximate surface area is 305 Å². The summed E-state index contributed by atoms with van der Waals surface area (Å²) in [5.74, 6) is -2.50. The second-order valence-corrected chi connectivity index (χ2v) is 20.1. The van der Waals surface area contributed by atoms with Crippen LogP contribution in [-0.2, 0) is 29.0 Å². The molecule has 0 aliphatic heterocycles. The van der Waals surface area contributed by atoms with Gasteiger partial charge in [0.15, 0.2) is 9.84 Å². The third-order valence-electron chi connectivity index (χ3n) is 14.7. The molecule has 6 unspecified atom stereocenters. The molecule has 0 aromatic rings. The molecule has 6 saturated carbocycles. The molecule has 51 heavy (non-hydrogen) atoms. The van der Waals surface area contributed by atoms with Gasteiger partial charge in [-0.15, -0.1) is 0 Å². The fourth-order valence-corrected chi connectivity index (χ4v) is 14.0. The monoisotopic (exact) mass is 732 g/mol. The predicted molar refractivity (Wildman–Crippen MR) is 194 cm³/mol. The zero-order valence-electron chi connectivity index (χ0n) is 30.7. The average molecular weight is 733 g/mol. The van der Waals surface area contributed by atoms with Crippen molar-refractivity contribution in [1.29, 1.82) is 0 Å². The molecule has 2 amide bonds. The van der Waals surface area contributed by atoms with Crippen LogP contribution in [0.2, 0.25) is 0 Å². The van der Waals surface area contributed by atoms with Gasteiger partial charge in [-0.25, -0.2) is 8.42 Å². The summed E-state index contributed by atoms with van der Waals surface area (Å²) in [6.45, 7) is 0. The number of carboxylic acid groups (broad SMARTS) is 2. The van der Waals surface area contributed by atoms with Crippen molar-refractivity contribution in [3.8, 4) is 0 Å². The Hall–Kier alpha value is -2.17. The SMILES string of the molecule is O=C(O)C1CC(C2CCCCC2)CCC1C(=O)NC1CCC(S(=O)(=O)C2CCC(NC(=O)C3CCC(C4CCCCC4)CC3C(=O)O)CC2)CC1. The number of sulfone groups is 1. The molecular formula is C40H64N2O8S. The highest BCUT2D eigenvalue weighted by Crippen LogP contribution is 2.44. The summed E-state index contributed by atoms with van der Waals surface area (Å²) in [6, 6.07) is -0.263. The first-order valence-electron chi connectivity index (χ1n) is 20.8. The first-order valence-corrected chi connectivity index (χ1v) is 22.4. The second kappa shape index (κ2) is 17.3. The highest BCUT2D eigenvalue weighted by Gasteiger charge is 2.45. The summed E-state index contributed by atoms with van der Waals surface area (Å²) in [5, 5.41) is 25.4. The third kappa shape index (κ3) is 9.32. The lowest BCUT2D eigenvalue weighted by Gasteiger charge is -2.39. The van der Waals surface area contributed by atoms with Crippen LogP contribution >= 0.6 is 0 Å². The number of rotatable bonds is 10. The maximum atomic E-state index is 13.7. The van der Waals surface area contributed by atoms with Gasteiger partial charge in [-0.2, -0.15) is 0 Å². The fraction of sp³-hybridized carbons (Fsp3) is 0.900. The fourth-order valence-electron chi connectivity index (χ4n) is 11.6. The minimum Gasteiger partial charge on any atom is -0.481 e. The maximum absolute atomic E-state index is 13.7. The molecule has 6 fully saturated rings. The maximum Gasteiger partial charge on any atom is 0.307 e. The smallest absolute Gasteiger partial charge is 0.307 e. The zero-order chi connectivity index (χ0) is 36.1. The number of carbonyl (C=O) groups is 4. The van der Waals surface area contributed by atoms with Gasteiger partial charge in [0.1, 0.15) is 0 Å². The van der Waals surface area contributed by atoms with Crippen molar-refractivity contribution in [2.75, 3.05) is 0 Å². The van der Waals surface area contributed by atoms with Crippen LogP contribution < -0.4 is 10.6 Å². The van der Waals surface area contributed by atoms with E-state index in [9.17, 15) is 37.8 Å². The second-order valence-electron chi connectivity index (χ2n) is 17.6. The number of hydrogen-bond donors (Lipinski definition) is 4. The molecule has 6 rings (SSSR count). The van der Waals surface area contributed by atoms with Crippen LogP contribution in [0.4, 0.5) is 0 Å². The lowest BCUT2D eigenvalue weighted by molar-refractivity contribution is -0.150. The van der Waals surface area contributed by atoms with E-state index in [4.69, 9.17) is 0 Å². The highest BCUT2D eigenvalue weighted by molar-refractivity contribution is 7.92. The van der Waals surface area contributed by atoms with Gasteiger partial charge in [0, 0.05) is 12.1 Å². The normalized spacial score (nSPS) is 37.6. The molecule has 11 heteroatoms. The molecule has 0 spiro atoms. The molecule has 0 aromatic carbocycles. The van der Waals surface area contributed by atoms with Crippen molar-refractivity contribution in [3.63, 3.8) is 0 Å². The van der Waals surface area contributed by atoms with Gasteiger partial charge in [-0.1, -0.05) is 64.2 Å². The van der Waals surface area contributed by atoms with E-state index in [1.165, 1.54) is 64.2 Å². The number of carbonyl (C=O) groups excluding carboxylic acids is 2. The molecule has 0 aromatic heterocycles. The molecule has 0 saturated heterocycles. The van der Waals surface area contributed by atoms with Gasteiger partial charge >= 0.3 is 11.9 Å². The Balaban J connectivity index is 0.932. The molecule has 4 N–H and O–H groups in total. The molecular weight excluding hydrogens is 669 g/mol. The Morgan fingerprint density at radius 1 is 0.412 bits per heavy atom. The van der Waals surface area contributed by atoms with Crippen LogP contribution in [0.25, 0.3) is 0 Å². The van der Waals surface area contributed by atoms with Crippen molar-refractivity contribution in [3.05, 3.63) is 0 Å². The van der Waals surface area contributed by atoms with Crippen LogP contribution in [0.1, 0.15) is 154 Å². The van der Waals surface area contributed by atoms with Crippen LogP contribution in [-0.4, -0.2) is 65.0 Å². The summed E-state index contributed by atoms with van der Waals surface area (Å²) < 4.78 is 27.5. The van der Waals surface area contributed by atoms with Crippen molar-refractivity contribution in [1.82, 2.24) is 10.6 Å². The van der Waals surface area contributed by atoms with E-state index in [0.29, 0.717) is 101 Å². The van der Waals surface area contributed by atoms with Gasteiger partial charge in [-0.05, 0) is 114 Å². The first kappa shape index (κ1) is 38.6. The van der Waals surface area contributed by atoms with Crippen molar-refractivity contribution in [2.24, 2.45) is 47.3 Å². The number of nitrogens with one attached hydrogen (secondary N) is 2. The zero-order valence-corrected chi connectivity index (χ0v) is 31.5. The van der Waals surface area contributed by atoms with E-state index >= 15 is 0 Å². The highest BCUT2D eigenvalue weighted by atomic mass is 32.2. The van der Waals surface area contributed by atoms with Crippen LogP contribution in [0, 0.1) is 47.3 Å². The summed E-state index contributed by atoms with van der Waals surface area (Å²) in [5.41, 5.74) is 0. The topological polar surface area (TPSA) is 167 Å². The van der Waals surface area contributed by atoms with Gasteiger partial charge in [0.25, 0.3) is 0 Å². The Morgan fingerprint density at radius 2 is 0.765 bits per heavy atom. The Morgan fingerprint density at radius 3 is 1.10 bits per heavy atom. The standard InChI is InChI=1S/C40H64N2O8S/c43-37(33-21-11-27(23-35(33)39(45)46)25-7-3-1-4-8-25)41-29-13-17-31(18-14-29)51(49,50)32-19-15-30(16-20-32)42-38(44)34-22-12-28(24-36(34)40(47)48)26-9-5-2-6-10-26/h25-36H,1-24H2,(H,41,43)(H,42,44)(H,45,46)(H,47,48). The van der Waals surface area contributed by atoms with Crippen LogP contribution in [0.5, 0.6) is 0 Å². The molecule has 10 nitrogen and oxygen atoms in total. The summed E-state index contributed by atoms with van der Waals surface area (Å²) in [4.78, 5) is 51.3. The number of aliphatic carboxylic acids is 2. The minimum absolute atomic E-state index is 0.132. The lowest BCUT2D eigenvalue weighted by Crippen LogP contribution is -2.49. The minimum atomic E-state index is -3.38. The van der Waals surface area contributed by atoms with Crippen molar-refractivity contribution >= 4 is 33.6 Å². The molecule has 6 atom stereocenters. The molecule has 0 bridgehead atoms. The Bertz CT molecular complexity index is 1230. The van der Waals surface area contributed by atoms with Crippen LogP contribution in [0.3, 0.4) is 0 Å². The molecule has 0 radical (unpaired) electrons. The predicted octanol–water partition coefficient (Wildman–Crippen LogP) is 6.65. The molecule has 288 valence electrons. The number of carboxylic acids is 2. The van der Waals surface area contributed by atoms with Crippen molar-refractivity contribution < 1.29 is 37.8 Å². The van der Waals surface area contributed by atoms with E-state index in [1.54, 1.807) is 0 Å².